The summed E-state index contributed by atoms with van der Waals surface area (Å²) in [6.45, 7) is 0.519. The van der Waals surface area contributed by atoms with Crippen LogP contribution in [0.3, 0.4) is 0 Å². The number of rotatable bonds is 5. The van der Waals surface area contributed by atoms with Crippen molar-refractivity contribution in [2.75, 3.05) is 7.11 Å². The summed E-state index contributed by atoms with van der Waals surface area (Å²) in [6.07, 6.45) is 0.705. The topological polar surface area (TPSA) is 88.3 Å². The molecular formula is C23H22N6O3. The number of methoxy groups -OCH3 is 1. The van der Waals surface area contributed by atoms with Crippen molar-refractivity contribution in [1.82, 2.24) is 28.3 Å². The molecule has 0 aliphatic rings. The van der Waals surface area contributed by atoms with Crippen molar-refractivity contribution in [3.63, 3.8) is 0 Å². The van der Waals surface area contributed by atoms with Gasteiger partial charge >= 0.3 is 5.69 Å². The van der Waals surface area contributed by atoms with Crippen LogP contribution in [0.5, 0.6) is 5.75 Å². The summed E-state index contributed by atoms with van der Waals surface area (Å²) in [5, 5.41) is 8.81. The highest BCUT2D eigenvalue weighted by atomic mass is 16.5. The Labute approximate surface area is 182 Å². The zero-order valence-electron chi connectivity index (χ0n) is 18.0. The van der Waals surface area contributed by atoms with Crippen LogP contribution in [0, 0.1) is 0 Å². The Morgan fingerprint density at radius 1 is 0.906 bits per heavy atom. The van der Waals surface area contributed by atoms with Gasteiger partial charge in [-0.1, -0.05) is 30.3 Å². The van der Waals surface area contributed by atoms with E-state index in [4.69, 9.17) is 4.74 Å². The second-order valence-corrected chi connectivity index (χ2v) is 7.65. The van der Waals surface area contributed by atoms with Crippen LogP contribution in [-0.2, 0) is 27.1 Å². The average Bonchev–Trinajstić information content (AvgIpc) is 3.39. The van der Waals surface area contributed by atoms with Crippen LogP contribution in [-0.4, -0.2) is 35.4 Å². The summed E-state index contributed by atoms with van der Waals surface area (Å²) in [5.41, 5.74) is 2.07. The summed E-state index contributed by atoms with van der Waals surface area (Å²) in [4.78, 5) is 25.9. The normalized spacial score (nSPS) is 11.5. The smallest absolute Gasteiger partial charge is 0.332 e. The summed E-state index contributed by atoms with van der Waals surface area (Å²) in [7, 11) is 4.75. The number of fused-ring (bicyclic) bond motifs is 3. The van der Waals surface area contributed by atoms with E-state index >= 15 is 0 Å². The van der Waals surface area contributed by atoms with Gasteiger partial charge < -0.3 is 9.30 Å². The van der Waals surface area contributed by atoms with Crippen molar-refractivity contribution in [3.05, 3.63) is 81.0 Å². The quantitative estimate of drug-likeness (QED) is 0.426. The third kappa shape index (κ3) is 2.93. The van der Waals surface area contributed by atoms with E-state index < -0.39 is 5.69 Å². The van der Waals surface area contributed by atoms with Crippen molar-refractivity contribution >= 4 is 16.9 Å². The molecular weight excluding hydrogens is 408 g/mol. The maximum Gasteiger partial charge on any atom is 0.332 e. The Morgan fingerprint density at radius 2 is 1.62 bits per heavy atom. The minimum absolute atomic E-state index is 0.359. The van der Waals surface area contributed by atoms with Crippen LogP contribution < -0.4 is 16.0 Å². The molecule has 0 bridgehead atoms. The molecule has 3 aromatic heterocycles. The predicted molar refractivity (Wildman–Crippen MR) is 121 cm³/mol. The molecule has 162 valence electrons. The molecule has 0 aliphatic heterocycles. The number of aryl methyl sites for hydroxylation is 3. The van der Waals surface area contributed by atoms with Crippen LogP contribution in [0.4, 0.5) is 0 Å². The van der Waals surface area contributed by atoms with Crippen LogP contribution >= 0.6 is 0 Å². The lowest BCUT2D eigenvalue weighted by atomic mass is 10.1. The largest absolute Gasteiger partial charge is 0.497 e. The highest BCUT2D eigenvalue weighted by Crippen LogP contribution is 2.26. The van der Waals surface area contributed by atoms with Gasteiger partial charge in [0.1, 0.15) is 5.75 Å². The lowest BCUT2D eigenvalue weighted by Gasteiger charge is -2.08. The first-order chi connectivity index (χ1) is 15.5. The fourth-order valence-electron chi connectivity index (χ4n) is 4.08. The van der Waals surface area contributed by atoms with Gasteiger partial charge in [-0.3, -0.25) is 13.9 Å². The predicted octanol–water partition coefficient (Wildman–Crippen LogP) is 2.00. The molecule has 2 aromatic carbocycles. The van der Waals surface area contributed by atoms with Crippen LogP contribution in [0.2, 0.25) is 0 Å². The first-order valence-corrected chi connectivity index (χ1v) is 10.2. The Bertz CT molecular complexity index is 1560. The number of aromatic nitrogens is 6. The van der Waals surface area contributed by atoms with E-state index in [1.54, 1.807) is 18.6 Å². The van der Waals surface area contributed by atoms with E-state index in [2.05, 4.69) is 10.2 Å². The summed E-state index contributed by atoms with van der Waals surface area (Å²) >= 11 is 0. The summed E-state index contributed by atoms with van der Waals surface area (Å²) in [5.74, 6) is 1.79. The van der Waals surface area contributed by atoms with E-state index in [0.29, 0.717) is 35.7 Å². The molecule has 9 nitrogen and oxygen atoms in total. The number of hydrogen-bond acceptors (Lipinski definition) is 5. The Morgan fingerprint density at radius 3 is 2.31 bits per heavy atom. The molecule has 3 heterocycles. The van der Waals surface area contributed by atoms with Crippen molar-refractivity contribution < 1.29 is 4.74 Å². The molecule has 0 atom stereocenters. The fourth-order valence-corrected chi connectivity index (χ4v) is 4.08. The molecule has 32 heavy (non-hydrogen) atoms. The first kappa shape index (κ1) is 19.8. The van der Waals surface area contributed by atoms with Gasteiger partial charge in [0.2, 0.25) is 5.78 Å². The van der Waals surface area contributed by atoms with Crippen LogP contribution in [0.15, 0.2) is 64.2 Å². The van der Waals surface area contributed by atoms with Crippen molar-refractivity contribution in [2.45, 2.75) is 13.0 Å². The van der Waals surface area contributed by atoms with Gasteiger partial charge in [-0.2, -0.15) is 0 Å². The number of imidazole rings is 1. The molecule has 5 aromatic rings. The van der Waals surface area contributed by atoms with Gasteiger partial charge in [0.25, 0.3) is 5.56 Å². The summed E-state index contributed by atoms with van der Waals surface area (Å²) in [6, 6.07) is 17.5. The lowest BCUT2D eigenvalue weighted by Crippen LogP contribution is -2.37. The van der Waals surface area contributed by atoms with E-state index in [1.807, 2.05) is 59.2 Å². The minimum Gasteiger partial charge on any atom is -0.497 e. The van der Waals surface area contributed by atoms with E-state index in [0.717, 1.165) is 21.4 Å². The minimum atomic E-state index is -0.404. The monoisotopic (exact) mass is 430 g/mol. The molecule has 0 radical (unpaired) electrons. The van der Waals surface area contributed by atoms with E-state index in [1.165, 1.54) is 11.6 Å². The number of benzene rings is 2. The third-order valence-electron chi connectivity index (χ3n) is 5.79. The van der Waals surface area contributed by atoms with Crippen LogP contribution in [0.1, 0.15) is 5.56 Å². The van der Waals surface area contributed by atoms with Crippen LogP contribution in [0.25, 0.3) is 28.3 Å². The molecule has 0 N–H and O–H groups in total. The van der Waals surface area contributed by atoms with Gasteiger partial charge in [0.15, 0.2) is 17.0 Å². The van der Waals surface area contributed by atoms with Crippen molar-refractivity contribution in [1.29, 1.82) is 0 Å². The Hall–Kier alpha value is -4.14. The molecule has 5 rings (SSSR count). The lowest BCUT2D eigenvalue weighted by molar-refractivity contribution is 0.415. The van der Waals surface area contributed by atoms with Gasteiger partial charge in [-0.25, -0.2) is 9.20 Å². The molecule has 9 heteroatoms. The molecule has 0 spiro atoms. The first-order valence-electron chi connectivity index (χ1n) is 10.2. The van der Waals surface area contributed by atoms with Gasteiger partial charge in [-0.05, 0) is 36.2 Å². The molecule has 0 fully saturated rings. The van der Waals surface area contributed by atoms with Gasteiger partial charge in [-0.15, -0.1) is 10.2 Å². The third-order valence-corrected chi connectivity index (χ3v) is 5.79. The number of ether oxygens (including phenoxy) is 1. The zero-order valence-corrected chi connectivity index (χ0v) is 18.0. The maximum atomic E-state index is 13.2. The Kier molecular flexibility index (Phi) is 4.66. The SMILES string of the molecule is COc1ccc(-c2nnc3n(CCc4ccccc4)c4c(=O)n(C)c(=O)n(C)c4n23)cc1. The van der Waals surface area contributed by atoms with Crippen molar-refractivity contribution in [2.24, 2.45) is 14.1 Å². The number of nitrogens with zero attached hydrogens (tertiary/aromatic N) is 6. The molecule has 0 amide bonds. The second-order valence-electron chi connectivity index (χ2n) is 7.65. The van der Waals surface area contributed by atoms with E-state index in [-0.39, 0.29) is 5.56 Å². The highest BCUT2D eigenvalue weighted by molar-refractivity contribution is 5.79. The molecule has 0 unspecified atom stereocenters. The van der Waals surface area contributed by atoms with Gasteiger partial charge in [0, 0.05) is 26.2 Å². The highest BCUT2D eigenvalue weighted by Gasteiger charge is 2.23. The molecule has 0 saturated carbocycles. The van der Waals surface area contributed by atoms with Gasteiger partial charge in [0.05, 0.1) is 7.11 Å². The van der Waals surface area contributed by atoms with Crippen molar-refractivity contribution in [3.8, 4) is 17.1 Å². The average molecular weight is 430 g/mol. The zero-order chi connectivity index (χ0) is 22.4. The second kappa shape index (κ2) is 7.52. The summed E-state index contributed by atoms with van der Waals surface area (Å²) < 4.78 is 11.5. The fraction of sp³-hybridized carbons (Fsp3) is 0.217. The maximum absolute atomic E-state index is 13.2. The standard InChI is InChI=1S/C23H22N6O3/c1-26-20-18(21(30)27(2)23(26)31)28(14-13-15-7-5-4-6-8-15)22-25-24-19(29(20)22)16-9-11-17(32-3)12-10-16/h4-12H,13-14H2,1-3H3. The Balaban J connectivity index is 1.79. The number of hydrogen-bond donors (Lipinski definition) is 0. The van der Waals surface area contributed by atoms with E-state index in [9.17, 15) is 9.59 Å². The molecule has 0 saturated heterocycles. The molecule has 0 aliphatic carbocycles.